The molecule has 1 fully saturated rings. The molecule has 0 amide bonds. The third-order valence-corrected chi connectivity index (χ3v) is 6.92. The van der Waals surface area contributed by atoms with Crippen LogP contribution in [-0.2, 0) is 6.54 Å². The fraction of sp³-hybridized carbons (Fsp3) is 0.462. The van der Waals surface area contributed by atoms with E-state index in [4.69, 9.17) is 0 Å². The van der Waals surface area contributed by atoms with Crippen molar-refractivity contribution in [2.45, 2.75) is 44.7 Å². The molecule has 1 aliphatic heterocycles. The van der Waals surface area contributed by atoms with Crippen molar-refractivity contribution >= 4 is 11.8 Å². The minimum Gasteiger partial charge on any atom is -0.365 e. The fourth-order valence-electron chi connectivity index (χ4n) is 5.36. The number of nitrogens with zero attached hydrogens (tertiary/aromatic N) is 3. The van der Waals surface area contributed by atoms with Crippen LogP contribution in [0.1, 0.15) is 49.4 Å². The third-order valence-electron chi connectivity index (χ3n) is 6.92. The van der Waals surface area contributed by atoms with Crippen molar-refractivity contribution in [2.24, 2.45) is 5.92 Å². The Hall–Kier alpha value is -2.46. The zero-order valence-electron chi connectivity index (χ0n) is 18.8. The Bertz CT molecular complexity index is 903. The second kappa shape index (κ2) is 8.73. The zero-order valence-corrected chi connectivity index (χ0v) is 18.8. The molecule has 1 atom stereocenters. The molecular formula is C26H36N4. The van der Waals surface area contributed by atoms with Crippen LogP contribution in [0.2, 0.25) is 0 Å². The number of anilines is 1. The molecule has 160 valence electrons. The molecule has 2 aliphatic rings. The maximum Gasteiger partial charge on any atom is 0.100 e. The first-order valence-electron chi connectivity index (χ1n) is 11.3. The molecule has 0 radical (unpaired) electrons. The lowest BCUT2D eigenvalue weighted by Gasteiger charge is -2.38. The predicted molar refractivity (Wildman–Crippen MR) is 129 cm³/mol. The van der Waals surface area contributed by atoms with Crippen molar-refractivity contribution in [2.75, 3.05) is 32.6 Å². The monoisotopic (exact) mass is 404 g/mol. The van der Waals surface area contributed by atoms with E-state index in [1.165, 1.54) is 60.3 Å². The molecule has 2 heterocycles. The third kappa shape index (κ3) is 3.58. The van der Waals surface area contributed by atoms with Crippen molar-refractivity contribution < 1.29 is 0 Å². The van der Waals surface area contributed by atoms with Gasteiger partial charge in [0.15, 0.2) is 0 Å². The Morgan fingerprint density at radius 2 is 1.80 bits per heavy atom. The van der Waals surface area contributed by atoms with Gasteiger partial charge < -0.3 is 19.7 Å². The Balaban J connectivity index is 1.94. The van der Waals surface area contributed by atoms with Gasteiger partial charge in [0.25, 0.3) is 0 Å². The van der Waals surface area contributed by atoms with Crippen molar-refractivity contribution in [1.82, 2.24) is 14.8 Å². The number of hydrogen-bond acceptors (Lipinski definition) is 3. The SMILES string of the molecule is C=Cc1c(N(C)C(=C)N(C)C)c2n(c1-c1ccccc1)CCNC2C1CCCCC1. The molecular weight excluding hydrogens is 368 g/mol. The molecule has 2 aromatic rings. The first-order chi connectivity index (χ1) is 14.5. The van der Waals surface area contributed by atoms with Crippen LogP contribution in [-0.4, -0.2) is 37.2 Å². The molecule has 1 unspecified atom stereocenters. The average molecular weight is 405 g/mol. The summed E-state index contributed by atoms with van der Waals surface area (Å²) in [5, 5.41) is 3.90. The number of fused-ring (bicyclic) bond motifs is 1. The summed E-state index contributed by atoms with van der Waals surface area (Å²) in [6.07, 6.45) is 8.73. The van der Waals surface area contributed by atoms with Gasteiger partial charge in [0.05, 0.1) is 23.1 Å². The summed E-state index contributed by atoms with van der Waals surface area (Å²) >= 11 is 0. The van der Waals surface area contributed by atoms with Crippen LogP contribution in [0.3, 0.4) is 0 Å². The molecule has 1 N–H and O–H groups in total. The lowest BCUT2D eigenvalue weighted by molar-refractivity contribution is 0.246. The van der Waals surface area contributed by atoms with Crippen LogP contribution in [0.5, 0.6) is 0 Å². The lowest BCUT2D eigenvalue weighted by atomic mass is 9.81. The van der Waals surface area contributed by atoms with E-state index in [-0.39, 0.29) is 0 Å². The quantitative estimate of drug-likeness (QED) is 0.688. The first-order valence-corrected chi connectivity index (χ1v) is 11.3. The largest absolute Gasteiger partial charge is 0.365 e. The smallest absolute Gasteiger partial charge is 0.100 e. The van der Waals surface area contributed by atoms with Gasteiger partial charge in [-0.3, -0.25) is 0 Å². The standard InChI is InChI=1S/C26H36N4/c1-6-22-24(21-15-11-8-12-16-21)30-18-17-27-23(20-13-9-7-10-14-20)26(30)25(22)29(5)19(2)28(3)4/h6,8,11-12,15-16,20,23,27H,1-2,7,9-10,13-14,17-18H2,3-5H3. The number of rotatable bonds is 6. The number of hydrogen-bond donors (Lipinski definition) is 1. The Kier molecular flexibility index (Phi) is 6.05. The highest BCUT2D eigenvalue weighted by molar-refractivity contribution is 5.85. The second-order valence-corrected chi connectivity index (χ2v) is 8.92. The Morgan fingerprint density at radius 1 is 1.10 bits per heavy atom. The Labute approximate surface area is 181 Å². The van der Waals surface area contributed by atoms with Gasteiger partial charge >= 0.3 is 0 Å². The maximum absolute atomic E-state index is 4.36. The van der Waals surface area contributed by atoms with E-state index in [0.29, 0.717) is 12.0 Å². The predicted octanol–water partition coefficient (Wildman–Crippen LogP) is 5.49. The van der Waals surface area contributed by atoms with E-state index in [1.807, 2.05) is 6.08 Å². The van der Waals surface area contributed by atoms with Gasteiger partial charge in [0.1, 0.15) is 5.82 Å². The summed E-state index contributed by atoms with van der Waals surface area (Å²) in [4.78, 5) is 4.35. The molecule has 1 saturated carbocycles. The maximum atomic E-state index is 4.36. The van der Waals surface area contributed by atoms with Gasteiger partial charge in [0.2, 0.25) is 0 Å². The van der Waals surface area contributed by atoms with Crippen LogP contribution in [0.4, 0.5) is 5.69 Å². The summed E-state index contributed by atoms with van der Waals surface area (Å²) in [6.45, 7) is 10.6. The summed E-state index contributed by atoms with van der Waals surface area (Å²) in [6, 6.07) is 11.2. The first kappa shape index (κ1) is 20.8. The molecule has 0 bridgehead atoms. The van der Waals surface area contributed by atoms with Gasteiger partial charge in [-0.15, -0.1) is 0 Å². The summed E-state index contributed by atoms with van der Waals surface area (Å²) in [5.41, 5.74) is 6.42. The van der Waals surface area contributed by atoms with Crippen LogP contribution >= 0.6 is 0 Å². The zero-order chi connectivity index (χ0) is 21.3. The van der Waals surface area contributed by atoms with Crippen molar-refractivity contribution in [3.63, 3.8) is 0 Å². The normalized spacial score (nSPS) is 19.2. The van der Waals surface area contributed by atoms with E-state index >= 15 is 0 Å². The van der Waals surface area contributed by atoms with E-state index < -0.39 is 0 Å². The molecule has 4 nitrogen and oxygen atoms in total. The van der Waals surface area contributed by atoms with Crippen LogP contribution in [0, 0.1) is 5.92 Å². The topological polar surface area (TPSA) is 23.4 Å². The van der Waals surface area contributed by atoms with E-state index in [9.17, 15) is 0 Å². The molecule has 30 heavy (non-hydrogen) atoms. The molecule has 4 rings (SSSR count). The van der Waals surface area contributed by atoms with Crippen molar-refractivity contribution in [1.29, 1.82) is 0 Å². The van der Waals surface area contributed by atoms with Crippen LogP contribution in [0.25, 0.3) is 17.3 Å². The van der Waals surface area contributed by atoms with Gasteiger partial charge in [0, 0.05) is 39.8 Å². The van der Waals surface area contributed by atoms with E-state index in [1.54, 1.807) is 0 Å². The Morgan fingerprint density at radius 3 is 2.43 bits per heavy atom. The van der Waals surface area contributed by atoms with Crippen LogP contribution in [0.15, 0.2) is 49.3 Å². The van der Waals surface area contributed by atoms with Crippen LogP contribution < -0.4 is 10.2 Å². The minimum atomic E-state index is 0.377. The van der Waals surface area contributed by atoms with Gasteiger partial charge in [-0.2, -0.15) is 0 Å². The second-order valence-electron chi connectivity index (χ2n) is 8.92. The highest BCUT2D eigenvalue weighted by atomic mass is 15.3. The highest BCUT2D eigenvalue weighted by Crippen LogP contribution is 2.47. The lowest BCUT2D eigenvalue weighted by Crippen LogP contribution is -2.39. The highest BCUT2D eigenvalue weighted by Gasteiger charge is 2.36. The minimum absolute atomic E-state index is 0.377. The van der Waals surface area contributed by atoms with E-state index in [0.717, 1.165) is 18.9 Å². The molecule has 1 aromatic carbocycles. The molecule has 0 saturated heterocycles. The van der Waals surface area contributed by atoms with Crippen molar-refractivity contribution in [3.8, 4) is 11.3 Å². The molecule has 1 aromatic heterocycles. The van der Waals surface area contributed by atoms with Gasteiger partial charge in [-0.1, -0.05) is 68.8 Å². The van der Waals surface area contributed by atoms with Gasteiger partial charge in [-0.05, 0) is 24.3 Å². The summed E-state index contributed by atoms with van der Waals surface area (Å²) in [7, 11) is 6.26. The number of aromatic nitrogens is 1. The fourth-order valence-corrected chi connectivity index (χ4v) is 5.36. The summed E-state index contributed by atoms with van der Waals surface area (Å²) < 4.78 is 2.57. The molecule has 1 aliphatic carbocycles. The van der Waals surface area contributed by atoms with E-state index in [2.05, 4.69) is 84.3 Å². The number of nitrogens with one attached hydrogen (secondary N) is 1. The van der Waals surface area contributed by atoms with Crippen molar-refractivity contribution in [3.05, 3.63) is 60.6 Å². The number of benzene rings is 1. The molecule has 4 heteroatoms. The average Bonchev–Trinajstić information content (AvgIpc) is 3.13. The van der Waals surface area contributed by atoms with Gasteiger partial charge in [-0.25, -0.2) is 0 Å². The summed E-state index contributed by atoms with van der Waals surface area (Å²) in [5.74, 6) is 1.67. The molecule has 0 spiro atoms.